The number of hydrogen-bond acceptors (Lipinski definition) is 3. The van der Waals surface area contributed by atoms with Crippen molar-refractivity contribution in [1.29, 1.82) is 0 Å². The summed E-state index contributed by atoms with van der Waals surface area (Å²) in [5.74, 6) is 0.548. The number of hydrogen-bond donors (Lipinski definition) is 1. The van der Waals surface area contributed by atoms with Crippen LogP contribution >= 0.6 is 0 Å². The fraction of sp³-hybridized carbons (Fsp3) is 1.00. The molecule has 2 unspecified atom stereocenters. The molecule has 0 aliphatic carbocycles. The summed E-state index contributed by atoms with van der Waals surface area (Å²) < 4.78 is 5.40. The van der Waals surface area contributed by atoms with Gasteiger partial charge in [0, 0.05) is 24.0 Å². The first-order valence-corrected chi connectivity index (χ1v) is 5.68. The molecule has 2 atom stereocenters. The molecule has 3 heteroatoms. The third-order valence-corrected chi connectivity index (χ3v) is 3.78. The van der Waals surface area contributed by atoms with Crippen molar-refractivity contribution in [2.75, 3.05) is 26.3 Å². The number of rotatable bonds is 2. The van der Waals surface area contributed by atoms with E-state index in [1.165, 1.54) is 19.4 Å². The van der Waals surface area contributed by atoms with Gasteiger partial charge in [-0.05, 0) is 33.2 Å². The summed E-state index contributed by atoms with van der Waals surface area (Å²) in [4.78, 5) is 2.58. The second-order valence-electron chi connectivity index (χ2n) is 5.32. The van der Waals surface area contributed by atoms with Gasteiger partial charge in [-0.1, -0.05) is 0 Å². The molecular formula is C11H22N2O. The zero-order chi connectivity index (χ0) is 10.2. The molecule has 0 saturated carbocycles. The Balaban J connectivity index is 1.90. The van der Waals surface area contributed by atoms with Crippen LogP contribution in [-0.2, 0) is 4.74 Å². The Labute approximate surface area is 86.6 Å². The van der Waals surface area contributed by atoms with Crippen LogP contribution in [-0.4, -0.2) is 42.8 Å². The van der Waals surface area contributed by atoms with Crippen molar-refractivity contribution in [1.82, 2.24) is 4.90 Å². The predicted molar refractivity (Wildman–Crippen MR) is 57.2 cm³/mol. The first-order chi connectivity index (χ1) is 6.59. The van der Waals surface area contributed by atoms with Crippen molar-refractivity contribution < 1.29 is 4.74 Å². The molecule has 0 bridgehead atoms. The molecule has 0 aromatic rings. The Hall–Kier alpha value is -0.120. The Bertz CT molecular complexity index is 205. The lowest BCUT2D eigenvalue weighted by Crippen LogP contribution is -2.45. The average molecular weight is 198 g/mol. The SMILES string of the molecule is CC1(C)CCCN1CC1COCC1N. The van der Waals surface area contributed by atoms with E-state index < -0.39 is 0 Å². The van der Waals surface area contributed by atoms with Crippen LogP contribution in [0.15, 0.2) is 0 Å². The van der Waals surface area contributed by atoms with E-state index in [2.05, 4.69) is 18.7 Å². The molecule has 0 aromatic carbocycles. The zero-order valence-corrected chi connectivity index (χ0v) is 9.33. The van der Waals surface area contributed by atoms with Crippen LogP contribution in [0.3, 0.4) is 0 Å². The Morgan fingerprint density at radius 1 is 1.43 bits per heavy atom. The van der Waals surface area contributed by atoms with Crippen LogP contribution in [0.1, 0.15) is 26.7 Å². The summed E-state index contributed by atoms with van der Waals surface area (Å²) in [6.45, 7) is 8.62. The predicted octanol–water partition coefficient (Wildman–Crippen LogP) is 0.835. The van der Waals surface area contributed by atoms with Crippen molar-refractivity contribution in [3.8, 4) is 0 Å². The van der Waals surface area contributed by atoms with Crippen LogP contribution in [0.2, 0.25) is 0 Å². The largest absolute Gasteiger partial charge is 0.379 e. The van der Waals surface area contributed by atoms with Gasteiger partial charge >= 0.3 is 0 Å². The van der Waals surface area contributed by atoms with Gasteiger partial charge in [-0.3, -0.25) is 4.90 Å². The van der Waals surface area contributed by atoms with Crippen molar-refractivity contribution in [2.45, 2.75) is 38.3 Å². The van der Waals surface area contributed by atoms with E-state index >= 15 is 0 Å². The van der Waals surface area contributed by atoms with Crippen molar-refractivity contribution >= 4 is 0 Å². The summed E-state index contributed by atoms with van der Waals surface area (Å²) in [6, 6.07) is 0.256. The summed E-state index contributed by atoms with van der Waals surface area (Å²) in [7, 11) is 0. The van der Waals surface area contributed by atoms with Gasteiger partial charge in [-0.15, -0.1) is 0 Å². The van der Waals surface area contributed by atoms with Gasteiger partial charge in [-0.2, -0.15) is 0 Å². The van der Waals surface area contributed by atoms with Gasteiger partial charge in [0.25, 0.3) is 0 Å². The molecule has 0 radical (unpaired) electrons. The van der Waals surface area contributed by atoms with E-state index in [-0.39, 0.29) is 6.04 Å². The molecule has 14 heavy (non-hydrogen) atoms. The Morgan fingerprint density at radius 3 is 2.71 bits per heavy atom. The van der Waals surface area contributed by atoms with Crippen LogP contribution in [0.5, 0.6) is 0 Å². The molecule has 2 rings (SSSR count). The Morgan fingerprint density at radius 2 is 2.21 bits per heavy atom. The van der Waals surface area contributed by atoms with Gasteiger partial charge in [0.15, 0.2) is 0 Å². The van der Waals surface area contributed by atoms with Gasteiger partial charge in [0.2, 0.25) is 0 Å². The lowest BCUT2D eigenvalue weighted by molar-refractivity contribution is 0.130. The minimum atomic E-state index is 0.256. The maximum Gasteiger partial charge on any atom is 0.0621 e. The second-order valence-corrected chi connectivity index (χ2v) is 5.32. The van der Waals surface area contributed by atoms with E-state index in [0.717, 1.165) is 19.8 Å². The molecule has 2 N–H and O–H groups in total. The number of likely N-dealkylation sites (tertiary alicyclic amines) is 1. The van der Waals surface area contributed by atoms with Crippen molar-refractivity contribution in [3.05, 3.63) is 0 Å². The third-order valence-electron chi connectivity index (χ3n) is 3.78. The lowest BCUT2D eigenvalue weighted by Gasteiger charge is -2.34. The second kappa shape index (κ2) is 3.80. The summed E-state index contributed by atoms with van der Waals surface area (Å²) in [6.07, 6.45) is 2.64. The fourth-order valence-electron chi connectivity index (χ4n) is 2.59. The zero-order valence-electron chi connectivity index (χ0n) is 9.33. The topological polar surface area (TPSA) is 38.5 Å². The van der Waals surface area contributed by atoms with Gasteiger partial charge in [0.05, 0.1) is 13.2 Å². The van der Waals surface area contributed by atoms with E-state index in [1.54, 1.807) is 0 Å². The lowest BCUT2D eigenvalue weighted by atomic mass is 9.98. The molecule has 2 fully saturated rings. The van der Waals surface area contributed by atoms with Crippen molar-refractivity contribution in [3.63, 3.8) is 0 Å². The quantitative estimate of drug-likeness (QED) is 0.714. The molecule has 82 valence electrons. The molecule has 0 aromatic heterocycles. The Kier molecular flexibility index (Phi) is 2.82. The van der Waals surface area contributed by atoms with Crippen molar-refractivity contribution in [2.24, 2.45) is 11.7 Å². The highest BCUT2D eigenvalue weighted by Gasteiger charge is 2.35. The molecule has 0 amide bonds. The van der Waals surface area contributed by atoms with Gasteiger partial charge < -0.3 is 10.5 Å². The minimum Gasteiger partial charge on any atom is -0.379 e. The summed E-state index contributed by atoms with van der Waals surface area (Å²) in [5.41, 5.74) is 6.37. The maximum atomic E-state index is 5.99. The minimum absolute atomic E-state index is 0.256. The summed E-state index contributed by atoms with van der Waals surface area (Å²) in [5, 5.41) is 0. The molecule has 3 nitrogen and oxygen atoms in total. The van der Waals surface area contributed by atoms with Crippen LogP contribution < -0.4 is 5.73 Å². The van der Waals surface area contributed by atoms with Crippen LogP contribution in [0.25, 0.3) is 0 Å². The molecule has 2 aliphatic rings. The summed E-state index contributed by atoms with van der Waals surface area (Å²) >= 11 is 0. The van der Waals surface area contributed by atoms with E-state index in [0.29, 0.717) is 11.5 Å². The smallest absolute Gasteiger partial charge is 0.0621 e. The standard InChI is InChI=1S/C11H22N2O/c1-11(2)4-3-5-13(11)6-9-7-14-8-10(9)12/h9-10H,3-8,12H2,1-2H3. The van der Waals surface area contributed by atoms with E-state index in [9.17, 15) is 0 Å². The van der Waals surface area contributed by atoms with Gasteiger partial charge in [0.1, 0.15) is 0 Å². The normalized spacial score (nSPS) is 37.9. The van der Waals surface area contributed by atoms with E-state index in [4.69, 9.17) is 10.5 Å². The first kappa shape index (κ1) is 10.4. The fourth-order valence-corrected chi connectivity index (χ4v) is 2.59. The number of ether oxygens (including phenoxy) is 1. The molecule has 2 heterocycles. The maximum absolute atomic E-state index is 5.99. The highest BCUT2D eigenvalue weighted by molar-refractivity contribution is 4.91. The van der Waals surface area contributed by atoms with Gasteiger partial charge in [-0.25, -0.2) is 0 Å². The first-order valence-electron chi connectivity index (χ1n) is 5.68. The van der Waals surface area contributed by atoms with Crippen LogP contribution in [0, 0.1) is 5.92 Å². The highest BCUT2D eigenvalue weighted by Crippen LogP contribution is 2.29. The van der Waals surface area contributed by atoms with E-state index in [1.807, 2.05) is 0 Å². The third kappa shape index (κ3) is 1.95. The molecule has 2 saturated heterocycles. The number of nitrogens with zero attached hydrogens (tertiary/aromatic N) is 1. The molecule has 2 aliphatic heterocycles. The molecule has 0 spiro atoms. The monoisotopic (exact) mass is 198 g/mol. The molecular weight excluding hydrogens is 176 g/mol. The highest BCUT2D eigenvalue weighted by atomic mass is 16.5. The van der Waals surface area contributed by atoms with Crippen LogP contribution in [0.4, 0.5) is 0 Å². The average Bonchev–Trinajstić information content (AvgIpc) is 2.62. The number of nitrogens with two attached hydrogens (primary N) is 1.